The maximum atomic E-state index is 12.8. The second-order valence-electron chi connectivity index (χ2n) is 18.1. The van der Waals surface area contributed by atoms with E-state index in [-0.39, 0.29) is 31.1 Å². The predicted octanol–water partition coefficient (Wildman–Crippen LogP) is 18.7. The number of carbonyl (C=O) groups excluding carboxylic acids is 3. The molecule has 0 bridgehead atoms. The van der Waals surface area contributed by atoms with Crippen molar-refractivity contribution in [1.82, 2.24) is 0 Å². The molecule has 0 heterocycles. The van der Waals surface area contributed by atoms with Crippen LogP contribution in [-0.4, -0.2) is 37.2 Å². The molecule has 1 unspecified atom stereocenters. The number of ether oxygens (including phenoxy) is 3. The van der Waals surface area contributed by atoms with Gasteiger partial charge in [-0.25, -0.2) is 0 Å². The van der Waals surface area contributed by atoms with E-state index in [9.17, 15) is 14.4 Å². The Kier molecular flexibility index (Phi) is 52.4. The van der Waals surface area contributed by atoms with Gasteiger partial charge >= 0.3 is 17.9 Å². The van der Waals surface area contributed by atoms with Crippen LogP contribution in [0.15, 0.2) is 109 Å². The molecule has 0 aliphatic rings. The van der Waals surface area contributed by atoms with Crippen molar-refractivity contribution in [3.8, 4) is 0 Å². The third-order valence-electron chi connectivity index (χ3n) is 11.5. The molecule has 0 aromatic carbocycles. The Hall–Kier alpha value is -3.93. The van der Waals surface area contributed by atoms with E-state index in [1.165, 1.54) is 57.8 Å². The first-order chi connectivity index (χ1) is 33.5. The van der Waals surface area contributed by atoms with E-state index >= 15 is 0 Å². The van der Waals surface area contributed by atoms with Crippen molar-refractivity contribution in [2.45, 2.75) is 252 Å². The van der Waals surface area contributed by atoms with Gasteiger partial charge in [-0.2, -0.15) is 0 Å². The van der Waals surface area contributed by atoms with Crippen LogP contribution in [0, 0.1) is 0 Å². The molecular formula is C62H102O6. The first kappa shape index (κ1) is 64.1. The Morgan fingerprint density at radius 1 is 0.309 bits per heavy atom. The Labute approximate surface area is 419 Å². The van der Waals surface area contributed by atoms with Crippen molar-refractivity contribution in [2.75, 3.05) is 13.2 Å². The Balaban J connectivity index is 4.45. The van der Waals surface area contributed by atoms with Crippen LogP contribution in [0.1, 0.15) is 245 Å². The van der Waals surface area contributed by atoms with Gasteiger partial charge in [-0.3, -0.25) is 14.4 Å². The van der Waals surface area contributed by atoms with Gasteiger partial charge in [0.05, 0.1) is 0 Å². The summed E-state index contributed by atoms with van der Waals surface area (Å²) in [4.78, 5) is 38.1. The molecule has 0 rings (SSSR count). The average Bonchev–Trinajstić information content (AvgIpc) is 3.34. The Morgan fingerprint density at radius 2 is 0.574 bits per heavy atom. The van der Waals surface area contributed by atoms with Crippen LogP contribution in [0.25, 0.3) is 0 Å². The summed E-state index contributed by atoms with van der Waals surface area (Å²) in [6.45, 7) is 6.37. The standard InChI is InChI=1S/C62H102O6/c1-4-7-10-13-16-19-22-25-27-29-30-31-32-34-35-37-40-43-46-49-52-55-61(64)67-58-59(57-66-60(63)54-51-48-45-42-39-24-21-18-15-12-9-6-3)68-62(65)56-53-50-47-44-41-38-36-33-28-26-23-20-17-14-11-8-5-2/h7-8,10-11,16-17,19-20,25-28,30-31,34-36,38,59H,4-6,9,12-15,18,21-24,29,32-33,37,39-58H2,1-3H3/b10-7-,11-8-,19-16-,20-17-,27-25-,28-26-,31-30-,35-34-,38-36-. The highest BCUT2D eigenvalue weighted by Gasteiger charge is 2.19. The minimum atomic E-state index is -0.800. The van der Waals surface area contributed by atoms with E-state index in [2.05, 4.69) is 130 Å². The van der Waals surface area contributed by atoms with E-state index < -0.39 is 6.10 Å². The van der Waals surface area contributed by atoms with E-state index in [0.717, 1.165) is 148 Å². The fourth-order valence-electron chi connectivity index (χ4n) is 7.40. The third-order valence-corrected chi connectivity index (χ3v) is 11.5. The summed E-state index contributed by atoms with van der Waals surface area (Å²) in [7, 11) is 0. The van der Waals surface area contributed by atoms with Crippen LogP contribution >= 0.6 is 0 Å². The zero-order chi connectivity index (χ0) is 49.3. The van der Waals surface area contributed by atoms with Crippen LogP contribution in [0.4, 0.5) is 0 Å². The van der Waals surface area contributed by atoms with Crippen molar-refractivity contribution in [3.05, 3.63) is 109 Å². The van der Waals surface area contributed by atoms with Crippen molar-refractivity contribution in [1.29, 1.82) is 0 Å². The van der Waals surface area contributed by atoms with E-state index in [1.54, 1.807) is 0 Å². The van der Waals surface area contributed by atoms with Crippen LogP contribution in [0.3, 0.4) is 0 Å². The number of carbonyl (C=O) groups is 3. The summed E-state index contributed by atoms with van der Waals surface area (Å²) >= 11 is 0. The molecule has 0 aromatic heterocycles. The molecule has 6 heteroatoms. The zero-order valence-electron chi connectivity index (χ0n) is 44.1. The van der Waals surface area contributed by atoms with Crippen molar-refractivity contribution in [2.24, 2.45) is 0 Å². The average molecular weight is 943 g/mol. The van der Waals surface area contributed by atoms with Gasteiger partial charge in [0.2, 0.25) is 0 Å². The molecule has 0 N–H and O–H groups in total. The van der Waals surface area contributed by atoms with Crippen LogP contribution in [-0.2, 0) is 28.6 Å². The summed E-state index contributed by atoms with van der Waals surface area (Å²) in [5.41, 5.74) is 0. The largest absolute Gasteiger partial charge is 0.462 e. The molecule has 68 heavy (non-hydrogen) atoms. The SMILES string of the molecule is CC/C=C\C/C=C\C/C=C\C/C=C\C/C=C\CCCCCCCC(=O)OCC(COC(=O)CCCCCCCCCCCCCC)OC(=O)CCCCCC/C=C\C/C=C\C/C=C\C/C=C\CC. The number of esters is 3. The highest BCUT2D eigenvalue weighted by molar-refractivity contribution is 5.71. The van der Waals surface area contributed by atoms with Gasteiger partial charge in [0, 0.05) is 19.3 Å². The van der Waals surface area contributed by atoms with E-state index in [1.807, 2.05) is 0 Å². The number of unbranched alkanes of at least 4 members (excludes halogenated alkanes) is 20. The van der Waals surface area contributed by atoms with Gasteiger partial charge in [-0.1, -0.05) is 233 Å². The third kappa shape index (κ3) is 53.0. The summed E-state index contributed by atoms with van der Waals surface area (Å²) in [5.74, 6) is -0.938. The first-order valence-corrected chi connectivity index (χ1v) is 27.9. The Bertz CT molecular complexity index is 1410. The number of hydrogen-bond acceptors (Lipinski definition) is 6. The van der Waals surface area contributed by atoms with Crippen LogP contribution in [0.2, 0.25) is 0 Å². The highest BCUT2D eigenvalue weighted by atomic mass is 16.6. The molecule has 0 aliphatic carbocycles. The maximum absolute atomic E-state index is 12.8. The summed E-state index contributed by atoms with van der Waals surface area (Å²) in [5, 5.41) is 0. The lowest BCUT2D eigenvalue weighted by Crippen LogP contribution is -2.30. The zero-order valence-corrected chi connectivity index (χ0v) is 44.1. The monoisotopic (exact) mass is 943 g/mol. The van der Waals surface area contributed by atoms with Gasteiger partial charge in [-0.15, -0.1) is 0 Å². The van der Waals surface area contributed by atoms with Crippen LogP contribution < -0.4 is 0 Å². The number of allylic oxidation sites excluding steroid dienone is 18. The van der Waals surface area contributed by atoms with Gasteiger partial charge in [0.15, 0.2) is 6.10 Å². The molecule has 1 atom stereocenters. The number of hydrogen-bond donors (Lipinski definition) is 0. The summed E-state index contributed by atoms with van der Waals surface area (Å²) < 4.78 is 16.8. The van der Waals surface area contributed by atoms with Crippen molar-refractivity contribution in [3.63, 3.8) is 0 Å². The molecule has 6 nitrogen and oxygen atoms in total. The predicted molar refractivity (Wildman–Crippen MR) is 293 cm³/mol. The molecular weight excluding hydrogens is 841 g/mol. The van der Waals surface area contributed by atoms with E-state index in [4.69, 9.17) is 14.2 Å². The molecule has 0 radical (unpaired) electrons. The molecule has 0 amide bonds. The number of rotatable bonds is 49. The van der Waals surface area contributed by atoms with Crippen LogP contribution in [0.5, 0.6) is 0 Å². The minimum Gasteiger partial charge on any atom is -0.462 e. The lowest BCUT2D eigenvalue weighted by molar-refractivity contribution is -0.167. The maximum Gasteiger partial charge on any atom is 0.306 e. The smallest absolute Gasteiger partial charge is 0.306 e. The second kappa shape index (κ2) is 55.7. The molecule has 0 spiro atoms. The second-order valence-corrected chi connectivity index (χ2v) is 18.1. The van der Waals surface area contributed by atoms with Gasteiger partial charge < -0.3 is 14.2 Å². The van der Waals surface area contributed by atoms with E-state index in [0.29, 0.717) is 19.3 Å². The van der Waals surface area contributed by atoms with Gasteiger partial charge in [-0.05, 0) is 103 Å². The minimum absolute atomic E-state index is 0.0944. The molecule has 0 aliphatic heterocycles. The first-order valence-electron chi connectivity index (χ1n) is 27.9. The quantitative estimate of drug-likeness (QED) is 0.0262. The lowest BCUT2D eigenvalue weighted by Gasteiger charge is -2.18. The fraction of sp³-hybridized carbons (Fsp3) is 0.661. The summed E-state index contributed by atoms with van der Waals surface area (Å²) in [6, 6.07) is 0. The fourth-order valence-corrected chi connectivity index (χ4v) is 7.40. The molecule has 0 aromatic rings. The topological polar surface area (TPSA) is 78.9 Å². The molecule has 0 saturated heterocycles. The molecule has 386 valence electrons. The highest BCUT2D eigenvalue weighted by Crippen LogP contribution is 2.14. The molecule has 0 fully saturated rings. The van der Waals surface area contributed by atoms with Gasteiger partial charge in [0.1, 0.15) is 13.2 Å². The normalized spacial score (nSPS) is 12.9. The van der Waals surface area contributed by atoms with Gasteiger partial charge in [0.25, 0.3) is 0 Å². The van der Waals surface area contributed by atoms with Crippen molar-refractivity contribution < 1.29 is 28.6 Å². The lowest BCUT2D eigenvalue weighted by atomic mass is 10.0. The Morgan fingerprint density at radius 3 is 0.897 bits per heavy atom. The molecule has 0 saturated carbocycles. The summed E-state index contributed by atoms with van der Waals surface area (Å²) in [6.07, 6.45) is 75.0. The van der Waals surface area contributed by atoms with Crippen molar-refractivity contribution >= 4 is 17.9 Å².